The molecule has 1 aromatic heterocycles. The number of anilines is 1. The van der Waals surface area contributed by atoms with Gasteiger partial charge in [-0.25, -0.2) is 13.8 Å². The molecule has 2 aromatic carbocycles. The fourth-order valence-corrected chi connectivity index (χ4v) is 2.11. The van der Waals surface area contributed by atoms with Crippen molar-refractivity contribution in [2.24, 2.45) is 0 Å². The maximum absolute atomic E-state index is 13.4. The first-order valence-corrected chi connectivity index (χ1v) is 5.73. The number of nitrogens with zero attached hydrogens (tertiary/aromatic N) is 3. The standard InChI is InChI=1S/C14H8F2N4/c15-9-2-4-12(8(5-9)7-17)20-13-6-10(16)1-3-11(13)19-14(20)18/h1-6H,(H2,18,19). The molecule has 2 N–H and O–H groups in total. The summed E-state index contributed by atoms with van der Waals surface area (Å²) in [6, 6.07) is 9.65. The van der Waals surface area contributed by atoms with Gasteiger partial charge in [0.25, 0.3) is 0 Å². The normalized spacial score (nSPS) is 10.7. The molecular weight excluding hydrogens is 262 g/mol. The number of imidazole rings is 1. The monoisotopic (exact) mass is 270 g/mol. The molecular formula is C14H8F2N4. The maximum atomic E-state index is 13.4. The van der Waals surface area contributed by atoms with E-state index < -0.39 is 11.6 Å². The molecule has 0 bridgehead atoms. The molecule has 4 nitrogen and oxygen atoms in total. The van der Waals surface area contributed by atoms with Crippen LogP contribution in [0.25, 0.3) is 16.7 Å². The molecule has 0 unspecified atom stereocenters. The lowest BCUT2D eigenvalue weighted by atomic mass is 10.2. The van der Waals surface area contributed by atoms with E-state index in [4.69, 9.17) is 11.0 Å². The second-order valence-electron chi connectivity index (χ2n) is 4.21. The number of hydrogen-bond donors (Lipinski definition) is 1. The highest BCUT2D eigenvalue weighted by Gasteiger charge is 2.14. The van der Waals surface area contributed by atoms with Crippen LogP contribution in [0.15, 0.2) is 36.4 Å². The molecule has 0 spiro atoms. The van der Waals surface area contributed by atoms with Crippen molar-refractivity contribution in [3.05, 3.63) is 53.6 Å². The number of nitrogen functional groups attached to an aromatic ring is 1. The van der Waals surface area contributed by atoms with E-state index in [0.29, 0.717) is 16.7 Å². The summed E-state index contributed by atoms with van der Waals surface area (Å²) in [6.07, 6.45) is 0. The average molecular weight is 270 g/mol. The molecule has 20 heavy (non-hydrogen) atoms. The summed E-state index contributed by atoms with van der Waals surface area (Å²) in [5.41, 5.74) is 7.20. The third-order valence-electron chi connectivity index (χ3n) is 2.96. The minimum atomic E-state index is -0.528. The van der Waals surface area contributed by atoms with Gasteiger partial charge in [0.15, 0.2) is 0 Å². The van der Waals surface area contributed by atoms with Crippen molar-refractivity contribution in [1.82, 2.24) is 9.55 Å². The first-order chi connectivity index (χ1) is 9.60. The Kier molecular flexibility index (Phi) is 2.61. The van der Waals surface area contributed by atoms with E-state index in [-0.39, 0.29) is 11.5 Å². The largest absolute Gasteiger partial charge is 0.369 e. The molecule has 0 radical (unpaired) electrons. The fourth-order valence-electron chi connectivity index (χ4n) is 2.11. The summed E-state index contributed by atoms with van der Waals surface area (Å²) in [5, 5.41) is 9.09. The molecule has 1 heterocycles. The number of hydrogen-bond acceptors (Lipinski definition) is 3. The Morgan fingerprint density at radius 3 is 2.55 bits per heavy atom. The number of nitrogens with two attached hydrogens (primary N) is 1. The Bertz CT molecular complexity index is 861. The van der Waals surface area contributed by atoms with Gasteiger partial charge in [-0.3, -0.25) is 4.57 Å². The lowest BCUT2D eigenvalue weighted by Gasteiger charge is -2.08. The molecule has 0 aliphatic heterocycles. The van der Waals surface area contributed by atoms with Gasteiger partial charge in [0, 0.05) is 6.07 Å². The molecule has 3 aromatic rings. The van der Waals surface area contributed by atoms with E-state index in [2.05, 4.69) is 4.98 Å². The third kappa shape index (κ3) is 1.77. The zero-order valence-electron chi connectivity index (χ0n) is 10.1. The van der Waals surface area contributed by atoms with Crippen LogP contribution >= 0.6 is 0 Å². The van der Waals surface area contributed by atoms with Gasteiger partial charge in [-0.05, 0) is 30.3 Å². The predicted octanol–water partition coefficient (Wildman–Crippen LogP) is 2.76. The average Bonchev–Trinajstić information content (AvgIpc) is 2.74. The van der Waals surface area contributed by atoms with Crippen molar-refractivity contribution in [3.63, 3.8) is 0 Å². The Balaban J connectivity index is 2.38. The zero-order chi connectivity index (χ0) is 14.3. The van der Waals surface area contributed by atoms with Crippen LogP contribution in [0.5, 0.6) is 0 Å². The lowest BCUT2D eigenvalue weighted by Crippen LogP contribution is -2.03. The molecule has 0 aliphatic rings. The highest BCUT2D eigenvalue weighted by Crippen LogP contribution is 2.26. The lowest BCUT2D eigenvalue weighted by molar-refractivity contribution is 0.626. The van der Waals surface area contributed by atoms with Gasteiger partial charge in [0.2, 0.25) is 5.95 Å². The van der Waals surface area contributed by atoms with Crippen molar-refractivity contribution in [3.8, 4) is 11.8 Å². The van der Waals surface area contributed by atoms with E-state index in [1.165, 1.54) is 34.9 Å². The van der Waals surface area contributed by atoms with Gasteiger partial charge in [-0.2, -0.15) is 5.26 Å². The van der Waals surface area contributed by atoms with E-state index in [1.54, 1.807) is 0 Å². The van der Waals surface area contributed by atoms with Gasteiger partial charge < -0.3 is 5.73 Å². The van der Waals surface area contributed by atoms with E-state index in [1.807, 2.05) is 6.07 Å². The van der Waals surface area contributed by atoms with E-state index >= 15 is 0 Å². The minimum absolute atomic E-state index is 0.0975. The van der Waals surface area contributed by atoms with Crippen molar-refractivity contribution in [2.75, 3.05) is 5.73 Å². The molecule has 98 valence electrons. The number of nitriles is 1. The summed E-state index contributed by atoms with van der Waals surface area (Å²) in [6.45, 7) is 0. The highest BCUT2D eigenvalue weighted by molar-refractivity contribution is 5.81. The van der Waals surface area contributed by atoms with Crippen LogP contribution in [0.1, 0.15) is 5.56 Å². The van der Waals surface area contributed by atoms with E-state index in [0.717, 1.165) is 6.07 Å². The molecule has 0 saturated heterocycles. The summed E-state index contributed by atoms with van der Waals surface area (Å²) in [7, 11) is 0. The molecule has 0 atom stereocenters. The second-order valence-corrected chi connectivity index (χ2v) is 4.21. The number of rotatable bonds is 1. The van der Waals surface area contributed by atoms with Crippen LogP contribution in [-0.4, -0.2) is 9.55 Å². The molecule has 0 saturated carbocycles. The van der Waals surface area contributed by atoms with Gasteiger partial charge >= 0.3 is 0 Å². The summed E-state index contributed by atoms with van der Waals surface area (Å²) in [4.78, 5) is 4.10. The number of halogens is 2. The van der Waals surface area contributed by atoms with Gasteiger partial charge in [-0.15, -0.1) is 0 Å². The quantitative estimate of drug-likeness (QED) is 0.739. The number of benzene rings is 2. The van der Waals surface area contributed by atoms with Crippen molar-refractivity contribution < 1.29 is 8.78 Å². The first-order valence-electron chi connectivity index (χ1n) is 5.73. The fraction of sp³-hybridized carbons (Fsp3) is 0. The molecule has 0 amide bonds. The van der Waals surface area contributed by atoms with Crippen LogP contribution in [0.3, 0.4) is 0 Å². The van der Waals surface area contributed by atoms with Crippen LogP contribution in [-0.2, 0) is 0 Å². The second kappa shape index (κ2) is 4.31. The van der Waals surface area contributed by atoms with Crippen molar-refractivity contribution in [2.45, 2.75) is 0 Å². The van der Waals surface area contributed by atoms with Gasteiger partial charge in [0.05, 0.1) is 22.3 Å². The Morgan fingerprint density at radius 2 is 1.80 bits per heavy atom. The smallest absolute Gasteiger partial charge is 0.205 e. The van der Waals surface area contributed by atoms with E-state index in [9.17, 15) is 8.78 Å². The summed E-state index contributed by atoms with van der Waals surface area (Å²) < 4.78 is 28.0. The third-order valence-corrected chi connectivity index (χ3v) is 2.96. The molecule has 0 aliphatic carbocycles. The van der Waals surface area contributed by atoms with Crippen LogP contribution in [0.2, 0.25) is 0 Å². The van der Waals surface area contributed by atoms with Crippen LogP contribution in [0.4, 0.5) is 14.7 Å². The van der Waals surface area contributed by atoms with Crippen molar-refractivity contribution in [1.29, 1.82) is 5.26 Å². The summed E-state index contributed by atoms with van der Waals surface area (Å²) >= 11 is 0. The Morgan fingerprint density at radius 1 is 1.10 bits per heavy atom. The Labute approximate surface area is 112 Å². The van der Waals surface area contributed by atoms with Gasteiger partial charge in [0.1, 0.15) is 17.7 Å². The number of aromatic nitrogens is 2. The van der Waals surface area contributed by atoms with Gasteiger partial charge in [-0.1, -0.05) is 0 Å². The molecule has 3 rings (SSSR count). The Hall–Kier alpha value is -2.94. The highest BCUT2D eigenvalue weighted by atomic mass is 19.1. The minimum Gasteiger partial charge on any atom is -0.369 e. The maximum Gasteiger partial charge on any atom is 0.205 e. The van der Waals surface area contributed by atoms with Crippen molar-refractivity contribution >= 4 is 17.0 Å². The molecule has 0 fully saturated rings. The zero-order valence-corrected chi connectivity index (χ0v) is 10.1. The van der Waals surface area contributed by atoms with Crippen LogP contribution in [0, 0.1) is 23.0 Å². The molecule has 6 heteroatoms. The summed E-state index contributed by atoms with van der Waals surface area (Å²) in [5.74, 6) is -0.868. The first kappa shape index (κ1) is 12.1. The van der Waals surface area contributed by atoms with Crippen LogP contribution < -0.4 is 5.73 Å². The topological polar surface area (TPSA) is 67.6 Å². The SMILES string of the molecule is N#Cc1cc(F)ccc1-n1c(N)nc2ccc(F)cc21. The predicted molar refractivity (Wildman–Crippen MR) is 70.1 cm³/mol. The number of fused-ring (bicyclic) bond motifs is 1.